The predicted octanol–water partition coefficient (Wildman–Crippen LogP) is 5.39. The maximum absolute atomic E-state index is 13.7. The molecule has 0 saturated heterocycles. The Morgan fingerprint density at radius 2 is 1.85 bits per heavy atom. The van der Waals surface area contributed by atoms with Crippen LogP contribution in [0, 0.1) is 10.1 Å². The Morgan fingerprint density at radius 1 is 1.12 bits per heavy atom. The van der Waals surface area contributed by atoms with Gasteiger partial charge >= 0.3 is 0 Å². The Morgan fingerprint density at radius 3 is 2.45 bits per heavy atom. The second kappa shape index (κ2) is 13.9. The zero-order valence-electron chi connectivity index (χ0n) is 22.7. The van der Waals surface area contributed by atoms with Crippen LogP contribution in [0.15, 0.2) is 58.8 Å². The number of carbonyl (C=O) groups excluding carboxylic acids is 1. The van der Waals surface area contributed by atoms with Crippen LogP contribution in [-0.4, -0.2) is 61.8 Å². The lowest BCUT2D eigenvalue weighted by Crippen LogP contribution is -2.46. The van der Waals surface area contributed by atoms with Crippen LogP contribution < -0.4 is 9.47 Å². The predicted molar refractivity (Wildman–Crippen MR) is 155 cm³/mol. The smallest absolute Gasteiger partial charge is 0.289 e. The van der Waals surface area contributed by atoms with Crippen molar-refractivity contribution in [2.24, 2.45) is 0 Å². The van der Waals surface area contributed by atoms with Crippen LogP contribution in [0.5, 0.6) is 11.5 Å². The molecule has 0 saturated carbocycles. The minimum atomic E-state index is -4.26. The lowest BCUT2D eigenvalue weighted by Gasteiger charge is -2.30. The number of nitro groups is 1. The van der Waals surface area contributed by atoms with E-state index < -0.39 is 33.2 Å². The van der Waals surface area contributed by atoms with Crippen LogP contribution in [0.3, 0.4) is 0 Å². The second-order valence-corrected chi connectivity index (χ2v) is 12.3. The molecule has 3 aromatic rings. The van der Waals surface area contributed by atoms with Gasteiger partial charge in [-0.1, -0.05) is 30.7 Å². The SMILES string of the molecule is CCC(C)N(CC(=O)N(CCc1ccc(OC)c(OC)c1)Cc1cccs1)S(=O)(=O)c1ccc(Cl)c([N+](=O)[O-])c1. The van der Waals surface area contributed by atoms with Gasteiger partial charge in [0.05, 0.1) is 37.1 Å². The van der Waals surface area contributed by atoms with Gasteiger partial charge in [-0.15, -0.1) is 11.3 Å². The fraction of sp³-hybridized carbons (Fsp3) is 0.370. The molecule has 3 rings (SSSR count). The molecule has 1 amide bonds. The van der Waals surface area contributed by atoms with Crippen LogP contribution >= 0.6 is 22.9 Å². The number of carbonyl (C=O) groups is 1. The summed E-state index contributed by atoms with van der Waals surface area (Å²) in [5, 5.41) is 13.1. The first-order valence-corrected chi connectivity index (χ1v) is 15.2. The summed E-state index contributed by atoms with van der Waals surface area (Å²) in [5.41, 5.74) is 0.397. The van der Waals surface area contributed by atoms with Gasteiger partial charge in [0.15, 0.2) is 11.5 Å². The molecule has 1 atom stereocenters. The molecular formula is C27H32ClN3O7S2. The van der Waals surface area contributed by atoms with Gasteiger partial charge in [-0.05, 0) is 61.0 Å². The van der Waals surface area contributed by atoms with Gasteiger partial charge in [-0.3, -0.25) is 14.9 Å². The van der Waals surface area contributed by atoms with E-state index in [4.69, 9.17) is 21.1 Å². The van der Waals surface area contributed by atoms with E-state index in [0.717, 1.165) is 20.8 Å². The van der Waals surface area contributed by atoms with Crippen LogP contribution in [0.4, 0.5) is 5.69 Å². The summed E-state index contributed by atoms with van der Waals surface area (Å²) in [6.07, 6.45) is 0.926. The maximum atomic E-state index is 13.7. The van der Waals surface area contributed by atoms with Crippen molar-refractivity contribution in [3.8, 4) is 11.5 Å². The van der Waals surface area contributed by atoms with E-state index in [-0.39, 0.29) is 15.8 Å². The molecule has 0 spiro atoms. The highest BCUT2D eigenvalue weighted by Gasteiger charge is 2.33. The highest BCUT2D eigenvalue weighted by molar-refractivity contribution is 7.89. The summed E-state index contributed by atoms with van der Waals surface area (Å²) in [7, 11) is -1.16. The number of ether oxygens (including phenoxy) is 2. The van der Waals surface area contributed by atoms with Crippen molar-refractivity contribution < 1.29 is 27.6 Å². The maximum Gasteiger partial charge on any atom is 0.289 e. The third-order valence-electron chi connectivity index (χ3n) is 6.49. The molecule has 0 bridgehead atoms. The third-order valence-corrected chi connectivity index (χ3v) is 9.63. The molecule has 40 heavy (non-hydrogen) atoms. The summed E-state index contributed by atoms with van der Waals surface area (Å²) in [4.78, 5) is 26.6. The van der Waals surface area contributed by atoms with Gasteiger partial charge in [-0.2, -0.15) is 4.31 Å². The third kappa shape index (κ3) is 7.51. The lowest BCUT2D eigenvalue weighted by molar-refractivity contribution is -0.384. The van der Waals surface area contributed by atoms with Gasteiger partial charge in [0.25, 0.3) is 5.69 Å². The van der Waals surface area contributed by atoms with Crippen molar-refractivity contribution in [3.63, 3.8) is 0 Å². The standard InChI is InChI=1S/C27H32ClN3O7S2/c1-5-19(2)30(40(35,36)22-9-10-23(28)24(16-22)31(33)34)18-27(32)29(17-21-7-6-14-39-21)13-12-20-8-11-25(37-3)26(15-20)38-4/h6-11,14-16,19H,5,12-13,17-18H2,1-4H3. The lowest BCUT2D eigenvalue weighted by atomic mass is 10.1. The number of nitrogens with zero attached hydrogens (tertiary/aromatic N) is 3. The highest BCUT2D eigenvalue weighted by atomic mass is 35.5. The quantitative estimate of drug-likeness (QED) is 0.178. The molecule has 1 heterocycles. The van der Waals surface area contributed by atoms with E-state index in [2.05, 4.69) is 0 Å². The minimum Gasteiger partial charge on any atom is -0.493 e. The van der Waals surface area contributed by atoms with Crippen LogP contribution in [0.25, 0.3) is 0 Å². The Balaban J connectivity index is 1.89. The van der Waals surface area contributed by atoms with Crippen molar-refractivity contribution in [1.29, 1.82) is 0 Å². The molecule has 0 radical (unpaired) electrons. The molecule has 0 fully saturated rings. The molecule has 216 valence electrons. The minimum absolute atomic E-state index is 0.174. The molecule has 0 N–H and O–H groups in total. The number of methoxy groups -OCH3 is 2. The molecule has 1 unspecified atom stereocenters. The van der Waals surface area contributed by atoms with Crippen molar-refractivity contribution in [3.05, 3.63) is 79.5 Å². The van der Waals surface area contributed by atoms with Gasteiger partial charge in [0.2, 0.25) is 15.9 Å². The molecule has 10 nitrogen and oxygen atoms in total. The van der Waals surface area contributed by atoms with Crippen LogP contribution in [0.1, 0.15) is 30.7 Å². The Hall–Kier alpha value is -3.19. The van der Waals surface area contributed by atoms with Gasteiger partial charge in [0.1, 0.15) is 5.02 Å². The summed E-state index contributed by atoms with van der Waals surface area (Å²) in [6, 6.07) is 12.1. The Kier molecular flexibility index (Phi) is 10.9. The molecule has 13 heteroatoms. The summed E-state index contributed by atoms with van der Waals surface area (Å²) in [5.74, 6) is 0.776. The highest BCUT2D eigenvalue weighted by Crippen LogP contribution is 2.30. The number of benzene rings is 2. The first kappa shape index (κ1) is 31.3. The van der Waals surface area contributed by atoms with E-state index >= 15 is 0 Å². The van der Waals surface area contributed by atoms with Gasteiger partial charge in [0, 0.05) is 23.5 Å². The number of halogens is 1. The Labute approximate surface area is 243 Å². The first-order valence-electron chi connectivity index (χ1n) is 12.5. The number of hydrogen-bond donors (Lipinski definition) is 0. The fourth-order valence-electron chi connectivity index (χ4n) is 4.03. The van der Waals surface area contributed by atoms with Crippen molar-refractivity contribution in [2.45, 2.75) is 44.2 Å². The molecule has 0 aliphatic carbocycles. The van der Waals surface area contributed by atoms with E-state index in [0.29, 0.717) is 37.4 Å². The first-order chi connectivity index (χ1) is 19.0. The topological polar surface area (TPSA) is 119 Å². The van der Waals surface area contributed by atoms with Gasteiger partial charge < -0.3 is 14.4 Å². The average molecular weight is 610 g/mol. The number of thiophene rings is 1. The second-order valence-electron chi connectivity index (χ2n) is 9.01. The van der Waals surface area contributed by atoms with Crippen molar-refractivity contribution in [1.82, 2.24) is 9.21 Å². The van der Waals surface area contributed by atoms with Crippen LogP contribution in [0.2, 0.25) is 5.02 Å². The zero-order chi connectivity index (χ0) is 29.4. The largest absolute Gasteiger partial charge is 0.493 e. The average Bonchev–Trinajstić information content (AvgIpc) is 3.46. The van der Waals surface area contributed by atoms with E-state index in [1.807, 2.05) is 36.6 Å². The Bertz CT molecular complexity index is 1430. The fourth-order valence-corrected chi connectivity index (χ4v) is 6.61. The van der Waals surface area contributed by atoms with E-state index in [9.17, 15) is 23.3 Å². The number of sulfonamides is 1. The summed E-state index contributed by atoms with van der Waals surface area (Å²) in [6.45, 7) is 3.72. The molecule has 0 aliphatic rings. The molecule has 1 aromatic heterocycles. The van der Waals surface area contributed by atoms with E-state index in [1.165, 1.54) is 23.5 Å². The van der Waals surface area contributed by atoms with E-state index in [1.54, 1.807) is 32.1 Å². The molecule has 0 aliphatic heterocycles. The van der Waals surface area contributed by atoms with Crippen molar-refractivity contribution >= 4 is 44.6 Å². The molecule has 2 aromatic carbocycles. The number of amides is 1. The van der Waals surface area contributed by atoms with Crippen molar-refractivity contribution in [2.75, 3.05) is 27.3 Å². The van der Waals surface area contributed by atoms with Crippen LogP contribution in [-0.2, 0) is 27.8 Å². The number of hydrogen-bond acceptors (Lipinski definition) is 8. The number of nitro benzene ring substituents is 1. The molecular weight excluding hydrogens is 578 g/mol. The summed E-state index contributed by atoms with van der Waals surface area (Å²) < 4.78 is 39.1. The number of rotatable bonds is 14. The zero-order valence-corrected chi connectivity index (χ0v) is 25.1. The monoisotopic (exact) mass is 609 g/mol. The summed E-state index contributed by atoms with van der Waals surface area (Å²) >= 11 is 7.40. The normalized spacial score (nSPS) is 12.2. The van der Waals surface area contributed by atoms with Gasteiger partial charge in [-0.25, -0.2) is 8.42 Å².